The standard InChI is InChI=1S/C7H7N3.H2/c1-5-4-9-7-6(10-5)2-3-8-7;/h2-4H,1H3,(H,8,9);1H. The summed E-state index contributed by atoms with van der Waals surface area (Å²) in [5.41, 5.74) is 2.73. The van der Waals surface area contributed by atoms with Gasteiger partial charge in [-0.05, 0) is 13.0 Å². The maximum Gasteiger partial charge on any atom is 0.155 e. The zero-order chi connectivity index (χ0) is 6.97. The minimum absolute atomic E-state index is 0. The molecule has 0 aromatic carbocycles. The quantitative estimate of drug-likeness (QED) is 0.595. The van der Waals surface area contributed by atoms with Gasteiger partial charge in [-0.15, -0.1) is 0 Å². The Morgan fingerprint density at radius 1 is 1.60 bits per heavy atom. The predicted octanol–water partition coefficient (Wildman–Crippen LogP) is 1.51. The van der Waals surface area contributed by atoms with E-state index < -0.39 is 0 Å². The Labute approximate surface area is 59.6 Å². The van der Waals surface area contributed by atoms with Crippen LogP contribution in [0.5, 0.6) is 0 Å². The summed E-state index contributed by atoms with van der Waals surface area (Å²) < 4.78 is 0. The van der Waals surface area contributed by atoms with E-state index in [1.54, 1.807) is 6.20 Å². The largest absolute Gasteiger partial charge is 0.345 e. The molecule has 0 unspecified atom stereocenters. The molecule has 3 heteroatoms. The molecule has 2 rings (SSSR count). The second-order valence-corrected chi connectivity index (χ2v) is 2.22. The lowest BCUT2D eigenvalue weighted by Crippen LogP contribution is -1.83. The van der Waals surface area contributed by atoms with Gasteiger partial charge in [0.25, 0.3) is 0 Å². The Morgan fingerprint density at radius 3 is 3.40 bits per heavy atom. The second-order valence-electron chi connectivity index (χ2n) is 2.22. The summed E-state index contributed by atoms with van der Waals surface area (Å²) in [5.74, 6) is 0. The molecule has 0 bridgehead atoms. The van der Waals surface area contributed by atoms with Gasteiger partial charge in [0.15, 0.2) is 5.65 Å². The number of nitrogens with one attached hydrogen (secondary N) is 1. The summed E-state index contributed by atoms with van der Waals surface area (Å²) >= 11 is 0. The van der Waals surface area contributed by atoms with Gasteiger partial charge in [0.05, 0.1) is 11.9 Å². The molecule has 1 N–H and O–H groups in total. The number of aromatic amines is 1. The maximum atomic E-state index is 4.24. The summed E-state index contributed by atoms with van der Waals surface area (Å²) in [6.45, 7) is 1.93. The molecule has 2 aromatic heterocycles. The fourth-order valence-corrected chi connectivity index (χ4v) is 0.923. The number of fused-ring (bicyclic) bond motifs is 1. The van der Waals surface area contributed by atoms with Crippen LogP contribution in [0, 0.1) is 6.92 Å². The van der Waals surface area contributed by atoms with Gasteiger partial charge in [-0.1, -0.05) is 0 Å². The summed E-state index contributed by atoms with van der Waals surface area (Å²) in [7, 11) is 0. The van der Waals surface area contributed by atoms with E-state index in [2.05, 4.69) is 15.0 Å². The molecular formula is C7H9N3. The van der Waals surface area contributed by atoms with E-state index in [0.717, 1.165) is 16.9 Å². The van der Waals surface area contributed by atoms with E-state index in [0.29, 0.717) is 0 Å². The van der Waals surface area contributed by atoms with Gasteiger partial charge in [0, 0.05) is 7.62 Å². The Bertz CT molecular complexity index is 355. The normalized spacial score (nSPS) is 10.5. The van der Waals surface area contributed by atoms with Crippen LogP contribution in [0.25, 0.3) is 11.2 Å². The van der Waals surface area contributed by atoms with E-state index in [1.165, 1.54) is 0 Å². The highest BCUT2D eigenvalue weighted by Crippen LogP contribution is 2.04. The van der Waals surface area contributed by atoms with Crippen molar-refractivity contribution < 1.29 is 1.43 Å². The third kappa shape index (κ3) is 0.673. The first-order chi connectivity index (χ1) is 4.86. The lowest BCUT2D eigenvalue weighted by atomic mass is 10.4. The Balaban J connectivity index is 0.000000605. The van der Waals surface area contributed by atoms with Crippen LogP contribution < -0.4 is 0 Å². The fourth-order valence-electron chi connectivity index (χ4n) is 0.923. The molecule has 0 saturated heterocycles. The molecule has 0 saturated carbocycles. The average molecular weight is 135 g/mol. The summed E-state index contributed by atoms with van der Waals surface area (Å²) in [4.78, 5) is 11.3. The number of rotatable bonds is 0. The van der Waals surface area contributed by atoms with Crippen molar-refractivity contribution in [1.82, 2.24) is 15.0 Å². The number of nitrogens with zero attached hydrogens (tertiary/aromatic N) is 2. The molecule has 0 atom stereocenters. The number of hydrogen-bond acceptors (Lipinski definition) is 2. The lowest BCUT2D eigenvalue weighted by molar-refractivity contribution is 1.17. The summed E-state index contributed by atoms with van der Waals surface area (Å²) in [6, 6.07) is 1.91. The zero-order valence-electron chi connectivity index (χ0n) is 5.63. The molecule has 3 nitrogen and oxygen atoms in total. The van der Waals surface area contributed by atoms with Gasteiger partial charge < -0.3 is 4.98 Å². The number of H-pyrrole nitrogens is 1. The molecule has 0 aliphatic heterocycles. The summed E-state index contributed by atoms with van der Waals surface area (Å²) in [5, 5.41) is 0. The van der Waals surface area contributed by atoms with Gasteiger partial charge in [0.1, 0.15) is 5.52 Å². The highest BCUT2D eigenvalue weighted by atomic mass is 14.9. The van der Waals surface area contributed by atoms with E-state index in [1.807, 2.05) is 19.2 Å². The predicted molar refractivity (Wildman–Crippen MR) is 40.7 cm³/mol. The van der Waals surface area contributed by atoms with E-state index in [4.69, 9.17) is 0 Å². The molecule has 2 heterocycles. The van der Waals surface area contributed by atoms with Crippen molar-refractivity contribution in [2.24, 2.45) is 0 Å². The molecule has 0 fully saturated rings. The smallest absolute Gasteiger partial charge is 0.155 e. The highest BCUT2D eigenvalue weighted by Gasteiger charge is 1.94. The lowest BCUT2D eigenvalue weighted by Gasteiger charge is -1.88. The van der Waals surface area contributed by atoms with Crippen molar-refractivity contribution in [3.8, 4) is 0 Å². The Morgan fingerprint density at radius 2 is 2.50 bits per heavy atom. The van der Waals surface area contributed by atoms with Crippen molar-refractivity contribution in [3.63, 3.8) is 0 Å². The van der Waals surface area contributed by atoms with Crippen LogP contribution >= 0.6 is 0 Å². The first-order valence-electron chi connectivity index (χ1n) is 3.13. The topological polar surface area (TPSA) is 41.6 Å². The second kappa shape index (κ2) is 1.80. The van der Waals surface area contributed by atoms with Crippen LogP contribution in [0.4, 0.5) is 0 Å². The van der Waals surface area contributed by atoms with Gasteiger partial charge in [-0.25, -0.2) is 9.97 Å². The third-order valence-electron chi connectivity index (χ3n) is 1.38. The SMILES string of the molecule is Cc1cnc2[nH]ccc2n1.[HH]. The van der Waals surface area contributed by atoms with Crippen LogP contribution in [-0.2, 0) is 0 Å². The van der Waals surface area contributed by atoms with Crippen molar-refractivity contribution in [2.45, 2.75) is 6.92 Å². The van der Waals surface area contributed by atoms with Crippen LogP contribution in [-0.4, -0.2) is 15.0 Å². The molecule has 0 spiro atoms. The van der Waals surface area contributed by atoms with Crippen molar-refractivity contribution in [1.29, 1.82) is 0 Å². The van der Waals surface area contributed by atoms with Gasteiger partial charge in [-0.2, -0.15) is 0 Å². The summed E-state index contributed by atoms with van der Waals surface area (Å²) in [6.07, 6.45) is 3.59. The van der Waals surface area contributed by atoms with Gasteiger partial charge >= 0.3 is 0 Å². The van der Waals surface area contributed by atoms with Crippen LogP contribution in [0.15, 0.2) is 18.5 Å². The molecule has 0 amide bonds. The first-order valence-corrected chi connectivity index (χ1v) is 3.13. The monoisotopic (exact) mass is 135 g/mol. The first kappa shape index (κ1) is 5.41. The zero-order valence-corrected chi connectivity index (χ0v) is 5.63. The number of aromatic nitrogens is 3. The number of hydrogen-bond donors (Lipinski definition) is 1. The minimum Gasteiger partial charge on any atom is -0.345 e. The minimum atomic E-state index is 0. The molecule has 10 heavy (non-hydrogen) atoms. The van der Waals surface area contributed by atoms with Crippen LogP contribution in [0.3, 0.4) is 0 Å². The molecule has 0 radical (unpaired) electrons. The van der Waals surface area contributed by atoms with Crippen molar-refractivity contribution in [2.75, 3.05) is 0 Å². The molecule has 0 aliphatic rings. The maximum absolute atomic E-state index is 4.24. The molecule has 52 valence electrons. The van der Waals surface area contributed by atoms with Crippen LogP contribution in [0.2, 0.25) is 0 Å². The average Bonchev–Trinajstić information content (AvgIpc) is 2.33. The van der Waals surface area contributed by atoms with E-state index in [-0.39, 0.29) is 1.43 Å². The van der Waals surface area contributed by atoms with Crippen molar-refractivity contribution >= 4 is 11.2 Å². The third-order valence-corrected chi connectivity index (χ3v) is 1.38. The van der Waals surface area contributed by atoms with Gasteiger partial charge in [0.2, 0.25) is 0 Å². The number of aryl methyl sites for hydroxylation is 1. The highest BCUT2D eigenvalue weighted by molar-refractivity contribution is 5.69. The molecule has 0 aliphatic carbocycles. The van der Waals surface area contributed by atoms with E-state index in [9.17, 15) is 0 Å². The van der Waals surface area contributed by atoms with Crippen LogP contribution in [0.1, 0.15) is 7.12 Å². The molecule has 2 aromatic rings. The molecular weight excluding hydrogens is 126 g/mol. The van der Waals surface area contributed by atoms with E-state index >= 15 is 0 Å². The van der Waals surface area contributed by atoms with Crippen molar-refractivity contribution in [3.05, 3.63) is 24.2 Å². The Kier molecular flexibility index (Phi) is 0.974. The van der Waals surface area contributed by atoms with Gasteiger partial charge in [-0.3, -0.25) is 0 Å². The fraction of sp³-hybridized carbons (Fsp3) is 0.143. The Hall–Kier alpha value is -1.38.